The molecule has 2 aliphatic heterocycles. The summed E-state index contributed by atoms with van der Waals surface area (Å²) >= 11 is 0. The molecular weight excluding hydrogens is 354 g/mol. The van der Waals surface area contributed by atoms with Crippen molar-refractivity contribution in [3.63, 3.8) is 0 Å². The lowest BCUT2D eigenvalue weighted by Crippen LogP contribution is -2.62. The summed E-state index contributed by atoms with van der Waals surface area (Å²) in [6, 6.07) is 3.76. The Morgan fingerprint density at radius 2 is 1.77 bits per heavy atom. The van der Waals surface area contributed by atoms with Gasteiger partial charge >= 0.3 is 0 Å². The maximum absolute atomic E-state index is 12.9. The lowest BCUT2D eigenvalue weighted by molar-refractivity contribution is 0.280. The van der Waals surface area contributed by atoms with E-state index >= 15 is 0 Å². The second-order valence-corrected chi connectivity index (χ2v) is 9.09. The predicted molar refractivity (Wildman–Crippen MR) is 98.2 cm³/mol. The minimum absolute atomic E-state index is 0.0252. The van der Waals surface area contributed by atoms with E-state index in [2.05, 4.69) is 20.2 Å². The van der Waals surface area contributed by atoms with Gasteiger partial charge in [0.05, 0.1) is 6.04 Å². The molecule has 10 heteroatoms. The van der Waals surface area contributed by atoms with Crippen molar-refractivity contribution in [1.82, 2.24) is 28.4 Å². The Balaban J connectivity index is 1.43. The first-order valence-corrected chi connectivity index (χ1v) is 10.5. The van der Waals surface area contributed by atoms with Crippen molar-refractivity contribution in [2.45, 2.75) is 38.6 Å². The van der Waals surface area contributed by atoms with Gasteiger partial charge in [0.15, 0.2) is 11.5 Å². The molecule has 0 spiro atoms. The lowest BCUT2D eigenvalue weighted by atomic mass is 10.1. The molecular formula is C16H25N7O2S. The third-order valence-electron chi connectivity index (χ3n) is 5.36. The van der Waals surface area contributed by atoms with E-state index in [1.54, 1.807) is 15.9 Å². The van der Waals surface area contributed by atoms with Crippen molar-refractivity contribution in [1.29, 1.82) is 0 Å². The highest BCUT2D eigenvalue weighted by Crippen LogP contribution is 2.25. The van der Waals surface area contributed by atoms with Crippen LogP contribution in [0.25, 0.3) is 5.65 Å². The lowest BCUT2D eigenvalue weighted by Gasteiger charge is -2.44. The summed E-state index contributed by atoms with van der Waals surface area (Å²) in [6.07, 6.45) is 4.13. The molecule has 0 atom stereocenters. The fourth-order valence-electron chi connectivity index (χ4n) is 3.57. The molecule has 0 bridgehead atoms. The quantitative estimate of drug-likeness (QED) is 0.776. The third kappa shape index (κ3) is 3.06. The van der Waals surface area contributed by atoms with Crippen LogP contribution in [0.3, 0.4) is 0 Å². The fraction of sp³-hybridized carbons (Fsp3) is 0.688. The number of nitrogens with zero attached hydrogens (tertiary/aromatic N) is 7. The third-order valence-corrected chi connectivity index (χ3v) is 7.40. The van der Waals surface area contributed by atoms with Gasteiger partial charge in [0.1, 0.15) is 5.82 Å². The Kier molecular flexibility index (Phi) is 4.57. The van der Waals surface area contributed by atoms with Crippen LogP contribution >= 0.6 is 0 Å². The van der Waals surface area contributed by atoms with Crippen molar-refractivity contribution >= 4 is 21.7 Å². The van der Waals surface area contributed by atoms with E-state index in [9.17, 15) is 8.42 Å². The number of hydrogen-bond donors (Lipinski definition) is 0. The second kappa shape index (κ2) is 6.75. The number of aromatic nitrogens is 4. The van der Waals surface area contributed by atoms with Crippen LogP contribution in [0.15, 0.2) is 12.1 Å². The van der Waals surface area contributed by atoms with E-state index in [1.165, 1.54) is 4.31 Å². The molecule has 4 rings (SSSR count). The van der Waals surface area contributed by atoms with Gasteiger partial charge < -0.3 is 4.90 Å². The van der Waals surface area contributed by atoms with Crippen LogP contribution in [0, 0.1) is 6.92 Å². The van der Waals surface area contributed by atoms with Crippen molar-refractivity contribution in [2.75, 3.05) is 38.1 Å². The Bertz CT molecular complexity index is 883. The Labute approximate surface area is 153 Å². The van der Waals surface area contributed by atoms with Gasteiger partial charge in [-0.1, -0.05) is 12.8 Å². The fourth-order valence-corrected chi connectivity index (χ4v) is 5.16. The predicted octanol–water partition coefficient (Wildman–Crippen LogP) is 0.674. The van der Waals surface area contributed by atoms with Gasteiger partial charge in [-0.2, -0.15) is 21.5 Å². The van der Waals surface area contributed by atoms with Crippen LogP contribution in [-0.4, -0.2) is 76.1 Å². The molecule has 142 valence electrons. The Morgan fingerprint density at radius 3 is 2.46 bits per heavy atom. The zero-order valence-corrected chi connectivity index (χ0v) is 16.1. The van der Waals surface area contributed by atoms with Crippen molar-refractivity contribution in [3.8, 4) is 0 Å². The summed E-state index contributed by atoms with van der Waals surface area (Å²) in [5, 5.41) is 12.6. The highest BCUT2D eigenvalue weighted by atomic mass is 32.2. The number of aryl methyl sites for hydroxylation is 1. The van der Waals surface area contributed by atoms with Crippen LogP contribution in [0.2, 0.25) is 0 Å². The molecule has 4 heterocycles. The van der Waals surface area contributed by atoms with Gasteiger partial charge in [0, 0.05) is 33.2 Å². The first-order valence-electron chi connectivity index (χ1n) is 9.14. The molecule has 2 aromatic heterocycles. The Hall–Kier alpha value is -1.78. The van der Waals surface area contributed by atoms with E-state index in [0.29, 0.717) is 31.8 Å². The molecule has 0 radical (unpaired) electrons. The standard InChI is InChI=1S/C16H25N7O2S/c1-13-17-18-15-7-8-16(19-23(13)15)21-11-14(12-21)20(2)26(24,25)22-9-5-3-4-6-10-22/h7-8,14H,3-6,9-12H2,1-2H3. The maximum atomic E-state index is 12.9. The van der Waals surface area contributed by atoms with E-state index in [-0.39, 0.29) is 6.04 Å². The first kappa shape index (κ1) is 17.6. The van der Waals surface area contributed by atoms with Crippen LogP contribution in [0.4, 0.5) is 5.82 Å². The van der Waals surface area contributed by atoms with Crippen molar-refractivity contribution < 1.29 is 8.42 Å². The normalized spacial score (nSPS) is 20.5. The molecule has 2 aromatic rings. The summed E-state index contributed by atoms with van der Waals surface area (Å²) in [5.41, 5.74) is 0.712. The SMILES string of the molecule is Cc1nnc2ccc(N3CC(N(C)S(=O)(=O)N4CCCCCC4)C3)nn12. The molecule has 0 aliphatic carbocycles. The largest absolute Gasteiger partial charge is 0.352 e. The number of likely N-dealkylation sites (N-methyl/N-ethyl adjacent to an activating group) is 1. The maximum Gasteiger partial charge on any atom is 0.282 e. The molecule has 0 unspecified atom stereocenters. The minimum Gasteiger partial charge on any atom is -0.352 e. The Morgan fingerprint density at radius 1 is 1.08 bits per heavy atom. The number of hydrogen-bond acceptors (Lipinski definition) is 6. The zero-order valence-electron chi connectivity index (χ0n) is 15.2. The summed E-state index contributed by atoms with van der Waals surface area (Å²) in [4.78, 5) is 2.08. The smallest absolute Gasteiger partial charge is 0.282 e. The van der Waals surface area contributed by atoms with Crippen LogP contribution in [-0.2, 0) is 10.2 Å². The second-order valence-electron chi connectivity index (χ2n) is 7.10. The molecule has 26 heavy (non-hydrogen) atoms. The topological polar surface area (TPSA) is 86.9 Å². The highest BCUT2D eigenvalue weighted by molar-refractivity contribution is 7.86. The molecule has 0 aromatic carbocycles. The summed E-state index contributed by atoms with van der Waals surface area (Å²) in [7, 11) is -1.69. The summed E-state index contributed by atoms with van der Waals surface area (Å²) < 4.78 is 30.7. The average molecular weight is 379 g/mol. The molecule has 0 amide bonds. The highest BCUT2D eigenvalue weighted by Gasteiger charge is 2.39. The zero-order chi connectivity index (χ0) is 18.3. The number of anilines is 1. The molecule has 2 fully saturated rings. The monoisotopic (exact) mass is 379 g/mol. The number of rotatable bonds is 4. The van der Waals surface area contributed by atoms with Crippen molar-refractivity contribution in [3.05, 3.63) is 18.0 Å². The minimum atomic E-state index is -3.39. The first-order chi connectivity index (χ1) is 12.5. The molecule has 2 saturated heterocycles. The summed E-state index contributed by atoms with van der Waals surface area (Å²) in [5.74, 6) is 1.55. The van der Waals surface area contributed by atoms with E-state index in [0.717, 1.165) is 37.3 Å². The van der Waals surface area contributed by atoms with Crippen LogP contribution < -0.4 is 4.90 Å². The van der Waals surface area contributed by atoms with Gasteiger partial charge in [0.25, 0.3) is 10.2 Å². The van der Waals surface area contributed by atoms with E-state index in [1.807, 2.05) is 19.1 Å². The van der Waals surface area contributed by atoms with Crippen LogP contribution in [0.5, 0.6) is 0 Å². The van der Waals surface area contributed by atoms with Gasteiger partial charge in [-0.15, -0.1) is 15.3 Å². The van der Waals surface area contributed by atoms with Crippen LogP contribution in [0.1, 0.15) is 31.5 Å². The summed E-state index contributed by atoms with van der Waals surface area (Å²) in [6.45, 7) is 4.41. The number of fused-ring (bicyclic) bond motifs is 1. The van der Waals surface area contributed by atoms with Gasteiger partial charge in [0.2, 0.25) is 0 Å². The molecule has 2 aliphatic rings. The van der Waals surface area contributed by atoms with Gasteiger partial charge in [-0.3, -0.25) is 0 Å². The van der Waals surface area contributed by atoms with E-state index in [4.69, 9.17) is 0 Å². The van der Waals surface area contributed by atoms with E-state index < -0.39 is 10.2 Å². The molecule has 0 N–H and O–H groups in total. The van der Waals surface area contributed by atoms with Gasteiger partial charge in [-0.05, 0) is 31.9 Å². The average Bonchev–Trinajstić information content (AvgIpc) is 2.79. The van der Waals surface area contributed by atoms with Crippen molar-refractivity contribution in [2.24, 2.45) is 0 Å². The molecule has 0 saturated carbocycles. The molecule has 9 nitrogen and oxygen atoms in total. The van der Waals surface area contributed by atoms with Gasteiger partial charge in [-0.25, -0.2) is 0 Å².